The summed E-state index contributed by atoms with van der Waals surface area (Å²) < 4.78 is 0. The van der Waals surface area contributed by atoms with E-state index < -0.39 is 5.97 Å². The second-order valence-electron chi connectivity index (χ2n) is 5.04. The predicted molar refractivity (Wildman–Crippen MR) is 66.2 cm³/mol. The second-order valence-corrected chi connectivity index (χ2v) is 5.04. The number of piperazine rings is 1. The SMILES string of the molecule is O=C(O)C1CCCN(CC(=O)N2CCNCC2)C1. The van der Waals surface area contributed by atoms with Crippen LogP contribution in [-0.2, 0) is 9.59 Å². The molecule has 1 unspecified atom stereocenters. The van der Waals surface area contributed by atoms with Crippen LogP contribution < -0.4 is 5.32 Å². The highest BCUT2D eigenvalue weighted by atomic mass is 16.4. The number of carboxylic acid groups (broad SMARTS) is 1. The molecule has 0 saturated carbocycles. The van der Waals surface area contributed by atoms with Crippen LogP contribution in [0.3, 0.4) is 0 Å². The monoisotopic (exact) mass is 255 g/mol. The van der Waals surface area contributed by atoms with Gasteiger partial charge in [0.15, 0.2) is 0 Å². The van der Waals surface area contributed by atoms with Gasteiger partial charge in [-0.05, 0) is 19.4 Å². The lowest BCUT2D eigenvalue weighted by atomic mass is 9.98. The number of carbonyl (C=O) groups is 2. The Morgan fingerprint density at radius 3 is 2.61 bits per heavy atom. The maximum absolute atomic E-state index is 12.1. The third-order valence-corrected chi connectivity index (χ3v) is 3.68. The Morgan fingerprint density at radius 1 is 1.22 bits per heavy atom. The number of amides is 1. The first-order chi connectivity index (χ1) is 8.66. The zero-order chi connectivity index (χ0) is 13.0. The minimum atomic E-state index is -0.741. The summed E-state index contributed by atoms with van der Waals surface area (Å²) in [6, 6.07) is 0. The fourth-order valence-electron chi connectivity index (χ4n) is 2.61. The molecule has 2 heterocycles. The van der Waals surface area contributed by atoms with Crippen molar-refractivity contribution in [3.63, 3.8) is 0 Å². The molecule has 1 atom stereocenters. The molecule has 0 aromatic rings. The molecule has 2 N–H and O–H groups in total. The second kappa shape index (κ2) is 6.15. The molecule has 1 amide bonds. The maximum atomic E-state index is 12.1. The molecule has 2 fully saturated rings. The van der Waals surface area contributed by atoms with Gasteiger partial charge >= 0.3 is 5.97 Å². The van der Waals surface area contributed by atoms with Crippen LogP contribution in [0.1, 0.15) is 12.8 Å². The molecule has 0 bridgehead atoms. The van der Waals surface area contributed by atoms with Crippen LogP contribution in [-0.4, -0.2) is 72.6 Å². The van der Waals surface area contributed by atoms with Crippen molar-refractivity contribution in [2.45, 2.75) is 12.8 Å². The molecule has 6 heteroatoms. The van der Waals surface area contributed by atoms with E-state index in [0.717, 1.165) is 45.6 Å². The molecule has 2 aliphatic heterocycles. The van der Waals surface area contributed by atoms with Crippen molar-refractivity contribution in [2.24, 2.45) is 5.92 Å². The summed E-state index contributed by atoms with van der Waals surface area (Å²) >= 11 is 0. The van der Waals surface area contributed by atoms with E-state index in [1.54, 1.807) is 0 Å². The van der Waals surface area contributed by atoms with Gasteiger partial charge in [0.25, 0.3) is 0 Å². The van der Waals surface area contributed by atoms with Gasteiger partial charge in [0, 0.05) is 32.7 Å². The van der Waals surface area contributed by atoms with Crippen LogP contribution in [0.2, 0.25) is 0 Å². The van der Waals surface area contributed by atoms with Gasteiger partial charge in [-0.3, -0.25) is 14.5 Å². The fraction of sp³-hybridized carbons (Fsp3) is 0.833. The van der Waals surface area contributed by atoms with Crippen LogP contribution in [0.25, 0.3) is 0 Å². The Bertz CT molecular complexity index is 316. The van der Waals surface area contributed by atoms with Crippen LogP contribution in [0.5, 0.6) is 0 Å². The lowest BCUT2D eigenvalue weighted by Gasteiger charge is -2.33. The largest absolute Gasteiger partial charge is 0.481 e. The van der Waals surface area contributed by atoms with Crippen LogP contribution in [0.4, 0.5) is 0 Å². The molecule has 0 aliphatic carbocycles. The summed E-state index contributed by atoms with van der Waals surface area (Å²) in [5.74, 6) is -0.925. The quantitative estimate of drug-likeness (QED) is 0.692. The molecular weight excluding hydrogens is 234 g/mol. The first-order valence-corrected chi connectivity index (χ1v) is 6.60. The first kappa shape index (κ1) is 13.3. The lowest BCUT2D eigenvalue weighted by Crippen LogP contribution is -2.51. The highest BCUT2D eigenvalue weighted by Crippen LogP contribution is 2.16. The van der Waals surface area contributed by atoms with Crippen LogP contribution in [0, 0.1) is 5.92 Å². The number of carboxylic acids is 1. The van der Waals surface area contributed by atoms with Gasteiger partial charge in [0.2, 0.25) is 5.91 Å². The summed E-state index contributed by atoms with van der Waals surface area (Å²) in [4.78, 5) is 26.8. The zero-order valence-electron chi connectivity index (χ0n) is 10.6. The molecule has 0 aromatic heterocycles. The number of aliphatic carboxylic acids is 1. The highest BCUT2D eigenvalue weighted by Gasteiger charge is 2.27. The molecule has 0 aromatic carbocycles. The number of carbonyl (C=O) groups excluding carboxylic acids is 1. The predicted octanol–water partition coefficient (Wildman–Crippen LogP) is -0.785. The Kier molecular flexibility index (Phi) is 4.54. The Balaban J connectivity index is 1.81. The minimum Gasteiger partial charge on any atom is -0.481 e. The van der Waals surface area contributed by atoms with Crippen molar-refractivity contribution in [1.82, 2.24) is 15.1 Å². The third-order valence-electron chi connectivity index (χ3n) is 3.68. The maximum Gasteiger partial charge on any atom is 0.307 e. The fourth-order valence-corrected chi connectivity index (χ4v) is 2.61. The number of hydrogen-bond acceptors (Lipinski definition) is 4. The van der Waals surface area contributed by atoms with E-state index in [-0.39, 0.29) is 11.8 Å². The lowest BCUT2D eigenvalue weighted by molar-refractivity contribution is -0.145. The normalized spacial score (nSPS) is 26.0. The highest BCUT2D eigenvalue weighted by molar-refractivity contribution is 5.78. The molecule has 18 heavy (non-hydrogen) atoms. The van der Waals surface area contributed by atoms with Crippen molar-refractivity contribution >= 4 is 11.9 Å². The number of hydrogen-bond donors (Lipinski definition) is 2. The summed E-state index contributed by atoms with van der Waals surface area (Å²) in [6.45, 7) is 4.93. The minimum absolute atomic E-state index is 0.127. The van der Waals surface area contributed by atoms with E-state index in [1.165, 1.54) is 0 Å². The van der Waals surface area contributed by atoms with E-state index in [1.807, 2.05) is 9.80 Å². The molecule has 102 valence electrons. The van der Waals surface area contributed by atoms with E-state index in [0.29, 0.717) is 13.1 Å². The standard InChI is InChI=1S/C12H21N3O3/c16-11(15-6-3-13-4-7-15)9-14-5-1-2-10(8-14)12(17)18/h10,13H,1-9H2,(H,17,18). The van der Waals surface area contributed by atoms with E-state index in [4.69, 9.17) is 5.11 Å². The van der Waals surface area contributed by atoms with Gasteiger partial charge in [-0.15, -0.1) is 0 Å². The molecule has 2 rings (SSSR count). The smallest absolute Gasteiger partial charge is 0.307 e. The number of rotatable bonds is 3. The molecule has 0 radical (unpaired) electrons. The van der Waals surface area contributed by atoms with E-state index in [2.05, 4.69) is 5.32 Å². The van der Waals surface area contributed by atoms with Gasteiger partial charge in [-0.25, -0.2) is 0 Å². The summed E-state index contributed by atoms with van der Waals surface area (Å²) in [5.41, 5.74) is 0. The summed E-state index contributed by atoms with van der Waals surface area (Å²) in [7, 11) is 0. The first-order valence-electron chi connectivity index (χ1n) is 6.60. The van der Waals surface area contributed by atoms with Gasteiger partial charge in [0.05, 0.1) is 12.5 Å². The van der Waals surface area contributed by atoms with Crippen molar-refractivity contribution in [3.05, 3.63) is 0 Å². The molecule has 0 spiro atoms. The van der Waals surface area contributed by atoms with Gasteiger partial charge in [-0.1, -0.05) is 0 Å². The Labute approximate surface area is 107 Å². The Morgan fingerprint density at radius 2 is 1.94 bits per heavy atom. The van der Waals surface area contributed by atoms with E-state index >= 15 is 0 Å². The molecular formula is C12H21N3O3. The summed E-state index contributed by atoms with van der Waals surface area (Å²) in [5, 5.41) is 12.2. The zero-order valence-corrected chi connectivity index (χ0v) is 10.6. The number of nitrogens with zero attached hydrogens (tertiary/aromatic N) is 2. The Hall–Kier alpha value is -1.14. The van der Waals surface area contributed by atoms with Gasteiger partial charge in [0.1, 0.15) is 0 Å². The molecule has 6 nitrogen and oxygen atoms in total. The van der Waals surface area contributed by atoms with Crippen LogP contribution in [0.15, 0.2) is 0 Å². The van der Waals surface area contributed by atoms with Crippen molar-refractivity contribution in [3.8, 4) is 0 Å². The average Bonchev–Trinajstić information content (AvgIpc) is 2.40. The van der Waals surface area contributed by atoms with Gasteiger partial charge < -0.3 is 15.3 Å². The average molecular weight is 255 g/mol. The van der Waals surface area contributed by atoms with Crippen molar-refractivity contribution in [1.29, 1.82) is 0 Å². The number of piperidine rings is 1. The summed E-state index contributed by atoms with van der Waals surface area (Å²) in [6.07, 6.45) is 1.60. The van der Waals surface area contributed by atoms with E-state index in [9.17, 15) is 9.59 Å². The van der Waals surface area contributed by atoms with Crippen molar-refractivity contribution in [2.75, 3.05) is 45.8 Å². The van der Waals surface area contributed by atoms with Crippen LogP contribution >= 0.6 is 0 Å². The molecule has 2 saturated heterocycles. The topological polar surface area (TPSA) is 72.9 Å². The van der Waals surface area contributed by atoms with Gasteiger partial charge in [-0.2, -0.15) is 0 Å². The van der Waals surface area contributed by atoms with Crippen molar-refractivity contribution < 1.29 is 14.7 Å². The number of likely N-dealkylation sites (tertiary alicyclic amines) is 1. The molecule has 2 aliphatic rings. The number of nitrogens with one attached hydrogen (secondary N) is 1. The third kappa shape index (κ3) is 3.43.